The molecule has 0 bridgehead atoms. The summed E-state index contributed by atoms with van der Waals surface area (Å²) in [5, 5.41) is 8.82. The molecule has 0 saturated heterocycles. The molecule has 1 heterocycles. The quantitative estimate of drug-likeness (QED) is 0.716. The Morgan fingerprint density at radius 2 is 2.33 bits per heavy atom. The summed E-state index contributed by atoms with van der Waals surface area (Å²) in [4.78, 5) is 14.6. The third-order valence-corrected chi connectivity index (χ3v) is 1.73. The monoisotopic (exact) mass is 211 g/mol. The van der Waals surface area contributed by atoms with Gasteiger partial charge in [0.15, 0.2) is 0 Å². The molecule has 5 nitrogen and oxygen atoms in total. The molecule has 82 valence electrons. The van der Waals surface area contributed by atoms with Crippen molar-refractivity contribution in [2.45, 2.75) is 6.42 Å². The minimum absolute atomic E-state index is 0.0786. The van der Waals surface area contributed by atoms with Crippen molar-refractivity contribution < 1.29 is 19.4 Å². The van der Waals surface area contributed by atoms with Gasteiger partial charge in [0.1, 0.15) is 5.56 Å². The number of methoxy groups -OCH3 is 1. The molecule has 0 atom stereocenters. The third kappa shape index (κ3) is 3.55. The zero-order valence-electron chi connectivity index (χ0n) is 8.47. The summed E-state index contributed by atoms with van der Waals surface area (Å²) >= 11 is 0. The first kappa shape index (κ1) is 11.5. The standard InChI is InChI=1S/C10H13NO4/c1-14-6-3-7-15-9-8(10(12)13)4-2-5-11-9/h2,4-5H,3,6-7H2,1H3,(H,12,13). The van der Waals surface area contributed by atoms with Crippen LogP contribution in [0.3, 0.4) is 0 Å². The lowest BCUT2D eigenvalue weighted by Gasteiger charge is -2.06. The van der Waals surface area contributed by atoms with Crippen LogP contribution < -0.4 is 4.74 Å². The number of nitrogens with zero attached hydrogens (tertiary/aromatic N) is 1. The molecule has 5 heteroatoms. The molecule has 0 aliphatic rings. The van der Waals surface area contributed by atoms with Crippen molar-refractivity contribution in [3.63, 3.8) is 0 Å². The normalized spacial score (nSPS) is 9.93. The van der Waals surface area contributed by atoms with Crippen molar-refractivity contribution in [3.8, 4) is 5.88 Å². The first-order valence-corrected chi connectivity index (χ1v) is 4.55. The number of ether oxygens (including phenoxy) is 2. The molecule has 0 unspecified atom stereocenters. The summed E-state index contributed by atoms with van der Waals surface area (Å²) < 4.78 is 10.1. The van der Waals surface area contributed by atoms with Gasteiger partial charge in [0.05, 0.1) is 6.61 Å². The van der Waals surface area contributed by atoms with Crippen LogP contribution in [0.1, 0.15) is 16.8 Å². The Morgan fingerprint density at radius 1 is 1.53 bits per heavy atom. The third-order valence-electron chi connectivity index (χ3n) is 1.73. The maximum absolute atomic E-state index is 10.8. The molecule has 0 amide bonds. The van der Waals surface area contributed by atoms with E-state index in [2.05, 4.69) is 4.98 Å². The van der Waals surface area contributed by atoms with E-state index >= 15 is 0 Å². The van der Waals surface area contributed by atoms with E-state index in [0.29, 0.717) is 19.6 Å². The largest absolute Gasteiger partial charge is 0.477 e. The van der Waals surface area contributed by atoms with Crippen LogP contribution >= 0.6 is 0 Å². The molecule has 0 fully saturated rings. The van der Waals surface area contributed by atoms with Crippen LogP contribution in [0.25, 0.3) is 0 Å². The topological polar surface area (TPSA) is 68.7 Å². The van der Waals surface area contributed by atoms with Crippen LogP contribution in [0.2, 0.25) is 0 Å². The Balaban J connectivity index is 2.56. The van der Waals surface area contributed by atoms with Gasteiger partial charge >= 0.3 is 5.97 Å². The van der Waals surface area contributed by atoms with E-state index in [0.717, 1.165) is 0 Å². The van der Waals surface area contributed by atoms with Crippen molar-refractivity contribution in [2.24, 2.45) is 0 Å². The van der Waals surface area contributed by atoms with Crippen molar-refractivity contribution in [1.29, 1.82) is 0 Å². The lowest BCUT2D eigenvalue weighted by Crippen LogP contribution is -2.07. The highest BCUT2D eigenvalue weighted by molar-refractivity contribution is 5.90. The Bertz CT molecular complexity index is 327. The molecule has 1 rings (SSSR count). The first-order chi connectivity index (χ1) is 7.25. The van der Waals surface area contributed by atoms with Gasteiger partial charge in [0, 0.05) is 26.3 Å². The second-order valence-corrected chi connectivity index (χ2v) is 2.86. The number of hydrogen-bond donors (Lipinski definition) is 1. The number of carboxylic acid groups (broad SMARTS) is 1. The van der Waals surface area contributed by atoms with Gasteiger partial charge in [-0.2, -0.15) is 0 Å². The minimum Gasteiger partial charge on any atom is -0.477 e. The number of pyridine rings is 1. The highest BCUT2D eigenvalue weighted by Crippen LogP contribution is 2.13. The van der Waals surface area contributed by atoms with Gasteiger partial charge in [0.25, 0.3) is 0 Å². The van der Waals surface area contributed by atoms with E-state index in [4.69, 9.17) is 14.6 Å². The van der Waals surface area contributed by atoms with Gasteiger partial charge < -0.3 is 14.6 Å². The minimum atomic E-state index is -1.04. The van der Waals surface area contributed by atoms with E-state index in [1.165, 1.54) is 12.3 Å². The fourth-order valence-corrected chi connectivity index (χ4v) is 1.04. The fourth-order valence-electron chi connectivity index (χ4n) is 1.04. The average Bonchev–Trinajstić information content (AvgIpc) is 2.25. The van der Waals surface area contributed by atoms with Crippen LogP contribution in [0.4, 0.5) is 0 Å². The lowest BCUT2D eigenvalue weighted by molar-refractivity contribution is 0.0690. The predicted molar refractivity (Wildman–Crippen MR) is 53.2 cm³/mol. The molecule has 0 saturated carbocycles. The maximum atomic E-state index is 10.8. The van der Waals surface area contributed by atoms with Gasteiger partial charge in [-0.3, -0.25) is 0 Å². The molecule has 0 radical (unpaired) electrons. The van der Waals surface area contributed by atoms with Gasteiger partial charge in [-0.05, 0) is 12.1 Å². The Morgan fingerprint density at radius 3 is 3.00 bits per heavy atom. The summed E-state index contributed by atoms with van der Waals surface area (Å²) in [6, 6.07) is 3.02. The Labute approximate surface area is 87.7 Å². The molecule has 0 spiro atoms. The average molecular weight is 211 g/mol. The van der Waals surface area contributed by atoms with Crippen molar-refractivity contribution >= 4 is 5.97 Å². The molecular formula is C10H13NO4. The summed E-state index contributed by atoms with van der Waals surface area (Å²) in [5.41, 5.74) is 0.0786. The molecule has 0 aromatic carbocycles. The first-order valence-electron chi connectivity index (χ1n) is 4.55. The van der Waals surface area contributed by atoms with Crippen molar-refractivity contribution in [2.75, 3.05) is 20.3 Å². The Kier molecular flexibility index (Phi) is 4.56. The van der Waals surface area contributed by atoms with Crippen LogP contribution in [-0.4, -0.2) is 36.4 Å². The molecule has 15 heavy (non-hydrogen) atoms. The number of aromatic carboxylic acids is 1. The summed E-state index contributed by atoms with van der Waals surface area (Å²) in [6.45, 7) is 0.973. The van der Waals surface area contributed by atoms with E-state index < -0.39 is 5.97 Å². The molecular weight excluding hydrogens is 198 g/mol. The van der Waals surface area contributed by atoms with Crippen LogP contribution in [-0.2, 0) is 4.74 Å². The number of rotatable bonds is 6. The molecule has 0 aliphatic carbocycles. The highest BCUT2D eigenvalue weighted by Gasteiger charge is 2.11. The molecule has 0 aliphatic heterocycles. The molecule has 1 aromatic rings. The smallest absolute Gasteiger partial charge is 0.341 e. The zero-order chi connectivity index (χ0) is 11.1. The Hall–Kier alpha value is -1.62. The molecule has 1 aromatic heterocycles. The SMILES string of the molecule is COCCCOc1ncccc1C(=O)O. The van der Waals surface area contributed by atoms with Crippen LogP contribution in [0.15, 0.2) is 18.3 Å². The van der Waals surface area contributed by atoms with Crippen LogP contribution in [0.5, 0.6) is 5.88 Å². The van der Waals surface area contributed by atoms with Crippen LogP contribution in [0, 0.1) is 0 Å². The lowest BCUT2D eigenvalue weighted by atomic mass is 10.3. The second-order valence-electron chi connectivity index (χ2n) is 2.86. The van der Waals surface area contributed by atoms with Crippen molar-refractivity contribution in [3.05, 3.63) is 23.9 Å². The van der Waals surface area contributed by atoms with Gasteiger partial charge in [-0.1, -0.05) is 0 Å². The fraction of sp³-hybridized carbons (Fsp3) is 0.400. The highest BCUT2D eigenvalue weighted by atomic mass is 16.5. The van der Waals surface area contributed by atoms with E-state index in [9.17, 15) is 4.79 Å². The summed E-state index contributed by atoms with van der Waals surface area (Å²) in [7, 11) is 1.60. The number of carbonyl (C=O) groups is 1. The van der Waals surface area contributed by atoms with E-state index in [1.54, 1.807) is 13.2 Å². The van der Waals surface area contributed by atoms with Crippen molar-refractivity contribution in [1.82, 2.24) is 4.98 Å². The van der Waals surface area contributed by atoms with Gasteiger partial charge in [0.2, 0.25) is 5.88 Å². The number of aromatic nitrogens is 1. The zero-order valence-corrected chi connectivity index (χ0v) is 8.47. The number of carboxylic acids is 1. The summed E-state index contributed by atoms with van der Waals surface area (Å²) in [5.74, 6) is -0.883. The predicted octanol–water partition coefficient (Wildman–Crippen LogP) is 1.20. The van der Waals surface area contributed by atoms with E-state index in [-0.39, 0.29) is 11.4 Å². The number of hydrogen-bond acceptors (Lipinski definition) is 4. The summed E-state index contributed by atoms with van der Waals surface area (Å²) in [6.07, 6.45) is 2.20. The maximum Gasteiger partial charge on any atom is 0.341 e. The van der Waals surface area contributed by atoms with Gasteiger partial charge in [-0.15, -0.1) is 0 Å². The van der Waals surface area contributed by atoms with E-state index in [1.807, 2.05) is 0 Å². The van der Waals surface area contributed by atoms with Gasteiger partial charge in [-0.25, -0.2) is 9.78 Å². The second kappa shape index (κ2) is 5.98. The molecule has 1 N–H and O–H groups in total.